The molecule has 0 aliphatic rings. The molecular formula is C7H17N3S. The summed E-state index contributed by atoms with van der Waals surface area (Å²) in [5.74, 6) is 0.982. The molecule has 0 spiro atoms. The number of amidine groups is 1. The number of thioether (sulfide) groups is 1. The summed E-state index contributed by atoms with van der Waals surface area (Å²) >= 11 is 1.59. The summed E-state index contributed by atoms with van der Waals surface area (Å²) < 4.78 is 0. The Bertz CT molecular complexity index is 114. The Morgan fingerprint density at radius 2 is 2.27 bits per heavy atom. The third-order valence-corrected chi connectivity index (χ3v) is 2.01. The first-order valence-corrected chi connectivity index (χ1v) is 4.92. The van der Waals surface area contributed by atoms with Gasteiger partial charge in [-0.05, 0) is 19.4 Å². The highest BCUT2D eigenvalue weighted by molar-refractivity contribution is 8.13. The van der Waals surface area contributed by atoms with Crippen molar-refractivity contribution in [3.8, 4) is 0 Å². The second kappa shape index (κ2) is 7.88. The predicted molar refractivity (Wildman–Crippen MR) is 52.9 cm³/mol. The number of hydrogen-bond donors (Lipinski definition) is 2. The second-order valence-electron chi connectivity index (χ2n) is 2.21. The Morgan fingerprint density at radius 3 is 2.82 bits per heavy atom. The standard InChI is InChI=1S/C7H17N3S/c1-2-5-10-7(9)11-6-3-4-8/h2-6,8H2,1H3,(H2,9,10). The van der Waals surface area contributed by atoms with Crippen molar-refractivity contribution in [2.24, 2.45) is 16.5 Å². The van der Waals surface area contributed by atoms with Crippen LogP contribution in [0.5, 0.6) is 0 Å². The maximum absolute atomic E-state index is 5.57. The van der Waals surface area contributed by atoms with Crippen molar-refractivity contribution in [1.82, 2.24) is 0 Å². The number of aliphatic imine (C=N–C) groups is 1. The number of nitrogens with two attached hydrogens (primary N) is 2. The molecule has 0 rings (SSSR count). The van der Waals surface area contributed by atoms with Crippen LogP contribution in [0.15, 0.2) is 4.99 Å². The molecule has 0 atom stereocenters. The van der Waals surface area contributed by atoms with Crippen LogP contribution in [-0.2, 0) is 0 Å². The molecule has 4 heteroatoms. The molecule has 0 radical (unpaired) electrons. The minimum atomic E-state index is 0.695. The zero-order valence-corrected chi connectivity index (χ0v) is 7.86. The van der Waals surface area contributed by atoms with Crippen molar-refractivity contribution in [1.29, 1.82) is 0 Å². The third-order valence-electron chi connectivity index (χ3n) is 1.09. The quantitative estimate of drug-likeness (QED) is 0.369. The van der Waals surface area contributed by atoms with Gasteiger partial charge in [-0.3, -0.25) is 4.99 Å². The molecule has 0 saturated heterocycles. The SMILES string of the molecule is CCCN=C(N)SCCCN. The van der Waals surface area contributed by atoms with Crippen LogP contribution >= 0.6 is 11.8 Å². The van der Waals surface area contributed by atoms with Crippen molar-refractivity contribution in [3.05, 3.63) is 0 Å². The highest BCUT2D eigenvalue weighted by Crippen LogP contribution is 2.01. The highest BCUT2D eigenvalue weighted by atomic mass is 32.2. The Hall–Kier alpha value is -0.220. The molecule has 0 aromatic rings. The smallest absolute Gasteiger partial charge is 0.153 e. The highest BCUT2D eigenvalue weighted by Gasteiger charge is 1.91. The lowest BCUT2D eigenvalue weighted by atomic mass is 10.5. The predicted octanol–water partition coefficient (Wildman–Crippen LogP) is 0.793. The average molecular weight is 175 g/mol. The van der Waals surface area contributed by atoms with Crippen molar-refractivity contribution in [3.63, 3.8) is 0 Å². The number of hydrogen-bond acceptors (Lipinski definition) is 3. The lowest BCUT2D eigenvalue weighted by molar-refractivity contribution is 0.932. The minimum Gasteiger partial charge on any atom is -0.379 e. The van der Waals surface area contributed by atoms with E-state index < -0.39 is 0 Å². The lowest BCUT2D eigenvalue weighted by Crippen LogP contribution is -2.09. The first-order valence-electron chi connectivity index (χ1n) is 3.94. The molecule has 0 unspecified atom stereocenters. The molecule has 4 N–H and O–H groups in total. The van der Waals surface area contributed by atoms with Crippen LogP contribution in [0.4, 0.5) is 0 Å². The van der Waals surface area contributed by atoms with Crippen molar-refractivity contribution < 1.29 is 0 Å². The van der Waals surface area contributed by atoms with Gasteiger partial charge in [0.1, 0.15) is 0 Å². The first kappa shape index (κ1) is 10.8. The van der Waals surface area contributed by atoms with Crippen molar-refractivity contribution in [2.45, 2.75) is 19.8 Å². The van der Waals surface area contributed by atoms with Crippen LogP contribution in [0.2, 0.25) is 0 Å². The molecule has 0 amide bonds. The van der Waals surface area contributed by atoms with Gasteiger partial charge in [-0.25, -0.2) is 0 Å². The number of rotatable bonds is 5. The van der Waals surface area contributed by atoms with Gasteiger partial charge in [0.2, 0.25) is 0 Å². The van der Waals surface area contributed by atoms with Gasteiger partial charge in [-0.15, -0.1) is 0 Å². The van der Waals surface area contributed by atoms with E-state index in [1.165, 1.54) is 0 Å². The van der Waals surface area contributed by atoms with E-state index in [1.807, 2.05) is 0 Å². The van der Waals surface area contributed by atoms with Gasteiger partial charge in [-0.1, -0.05) is 18.7 Å². The molecule has 0 aromatic heterocycles. The van der Waals surface area contributed by atoms with Crippen LogP contribution in [0.3, 0.4) is 0 Å². The molecule has 0 fully saturated rings. The zero-order chi connectivity index (χ0) is 8.53. The topological polar surface area (TPSA) is 64.4 Å². The zero-order valence-electron chi connectivity index (χ0n) is 7.05. The first-order chi connectivity index (χ1) is 5.31. The van der Waals surface area contributed by atoms with Gasteiger partial charge < -0.3 is 11.5 Å². The molecule has 0 bridgehead atoms. The van der Waals surface area contributed by atoms with E-state index in [-0.39, 0.29) is 0 Å². The van der Waals surface area contributed by atoms with Crippen LogP contribution < -0.4 is 11.5 Å². The van der Waals surface area contributed by atoms with Gasteiger partial charge in [0, 0.05) is 12.3 Å². The summed E-state index contributed by atoms with van der Waals surface area (Å²) in [4.78, 5) is 4.13. The fraction of sp³-hybridized carbons (Fsp3) is 0.857. The third kappa shape index (κ3) is 7.68. The molecule has 3 nitrogen and oxygen atoms in total. The van der Waals surface area contributed by atoms with E-state index >= 15 is 0 Å². The summed E-state index contributed by atoms with van der Waals surface area (Å²) in [5, 5.41) is 0.695. The molecule has 0 aliphatic heterocycles. The van der Waals surface area contributed by atoms with Gasteiger partial charge >= 0.3 is 0 Å². The summed E-state index contributed by atoms with van der Waals surface area (Å²) in [5.41, 5.74) is 10.9. The molecule has 11 heavy (non-hydrogen) atoms. The largest absolute Gasteiger partial charge is 0.379 e. The molecule has 66 valence electrons. The van der Waals surface area contributed by atoms with Crippen molar-refractivity contribution >= 4 is 16.9 Å². The molecular weight excluding hydrogens is 158 g/mol. The van der Waals surface area contributed by atoms with Crippen LogP contribution in [0.25, 0.3) is 0 Å². The van der Waals surface area contributed by atoms with E-state index in [9.17, 15) is 0 Å². The average Bonchev–Trinajstić information content (AvgIpc) is 2.01. The molecule has 0 aromatic carbocycles. The maximum atomic E-state index is 5.57. The fourth-order valence-electron chi connectivity index (χ4n) is 0.528. The summed E-state index contributed by atoms with van der Waals surface area (Å²) in [7, 11) is 0. The van der Waals surface area contributed by atoms with E-state index in [0.717, 1.165) is 31.7 Å². The summed E-state index contributed by atoms with van der Waals surface area (Å²) in [6.07, 6.45) is 2.06. The van der Waals surface area contributed by atoms with Gasteiger partial charge in [0.25, 0.3) is 0 Å². The van der Waals surface area contributed by atoms with Crippen LogP contribution in [-0.4, -0.2) is 24.0 Å². The molecule has 0 heterocycles. The number of nitrogens with zero attached hydrogens (tertiary/aromatic N) is 1. The minimum absolute atomic E-state index is 0.695. The van der Waals surface area contributed by atoms with Crippen molar-refractivity contribution in [2.75, 3.05) is 18.8 Å². The Labute approximate surface area is 72.6 Å². The summed E-state index contributed by atoms with van der Waals surface area (Å²) in [6.45, 7) is 3.65. The molecule has 0 aliphatic carbocycles. The molecule has 0 saturated carbocycles. The monoisotopic (exact) mass is 175 g/mol. The van der Waals surface area contributed by atoms with Gasteiger partial charge in [0.05, 0.1) is 0 Å². The van der Waals surface area contributed by atoms with E-state index in [2.05, 4.69) is 11.9 Å². The van der Waals surface area contributed by atoms with Crippen LogP contribution in [0, 0.1) is 0 Å². The summed E-state index contributed by atoms with van der Waals surface area (Å²) in [6, 6.07) is 0. The maximum Gasteiger partial charge on any atom is 0.153 e. The van der Waals surface area contributed by atoms with Gasteiger partial charge in [0.15, 0.2) is 5.17 Å². The van der Waals surface area contributed by atoms with E-state index in [1.54, 1.807) is 11.8 Å². The second-order valence-corrected chi connectivity index (χ2v) is 3.33. The Kier molecular flexibility index (Phi) is 7.72. The van der Waals surface area contributed by atoms with E-state index in [0.29, 0.717) is 5.17 Å². The Morgan fingerprint density at radius 1 is 1.55 bits per heavy atom. The van der Waals surface area contributed by atoms with Crippen LogP contribution in [0.1, 0.15) is 19.8 Å². The Balaban J connectivity index is 3.27. The normalized spacial score (nSPS) is 12.0. The van der Waals surface area contributed by atoms with Gasteiger partial charge in [-0.2, -0.15) is 0 Å². The lowest BCUT2D eigenvalue weighted by Gasteiger charge is -1.98. The fourth-order valence-corrected chi connectivity index (χ4v) is 1.23. The van der Waals surface area contributed by atoms with E-state index in [4.69, 9.17) is 11.5 Å².